The van der Waals surface area contributed by atoms with Crippen molar-refractivity contribution in [3.8, 4) is 0 Å². The summed E-state index contributed by atoms with van der Waals surface area (Å²) < 4.78 is 28.0. The first-order valence-electron chi connectivity index (χ1n) is 5.76. The Morgan fingerprint density at radius 3 is 2.65 bits per heavy atom. The molecular formula is C12H12F2N4O2. The van der Waals surface area contributed by atoms with Crippen molar-refractivity contribution in [1.82, 2.24) is 9.78 Å². The zero-order chi connectivity index (χ0) is 15.0. The molecule has 1 aromatic carbocycles. The molecule has 0 fully saturated rings. The standard InChI is InChI=1S/C12H12F2N4O2/c1-6-11(18(19)20)12(15)17(16-6)7(2)9-5-8(13)3-4-10(9)14/h3-5,7H,15H2,1-2H3. The van der Waals surface area contributed by atoms with Crippen LogP contribution in [0.4, 0.5) is 20.3 Å². The van der Waals surface area contributed by atoms with Crippen LogP contribution in [0, 0.1) is 28.7 Å². The van der Waals surface area contributed by atoms with Crippen LogP contribution in [0.5, 0.6) is 0 Å². The van der Waals surface area contributed by atoms with Crippen LogP contribution in [0.1, 0.15) is 24.2 Å². The minimum absolute atomic E-state index is 0.0223. The molecule has 0 spiro atoms. The summed E-state index contributed by atoms with van der Waals surface area (Å²) in [6.07, 6.45) is 0. The van der Waals surface area contributed by atoms with Gasteiger partial charge in [-0.1, -0.05) is 0 Å². The minimum Gasteiger partial charge on any atom is -0.378 e. The van der Waals surface area contributed by atoms with Crippen LogP contribution in [0.3, 0.4) is 0 Å². The summed E-state index contributed by atoms with van der Waals surface area (Å²) in [5, 5.41) is 14.8. The van der Waals surface area contributed by atoms with Gasteiger partial charge in [0.1, 0.15) is 17.3 Å². The average molecular weight is 282 g/mol. The van der Waals surface area contributed by atoms with Crippen LogP contribution in [-0.4, -0.2) is 14.7 Å². The third kappa shape index (κ3) is 2.20. The highest BCUT2D eigenvalue weighted by Gasteiger charge is 2.26. The number of hydrogen-bond acceptors (Lipinski definition) is 4. The Morgan fingerprint density at radius 1 is 1.45 bits per heavy atom. The minimum atomic E-state index is -0.766. The summed E-state index contributed by atoms with van der Waals surface area (Å²) >= 11 is 0. The number of nitrogens with zero attached hydrogens (tertiary/aromatic N) is 3. The quantitative estimate of drug-likeness (QED) is 0.692. The Hall–Kier alpha value is -2.51. The van der Waals surface area contributed by atoms with E-state index in [-0.39, 0.29) is 22.8 Å². The lowest BCUT2D eigenvalue weighted by Crippen LogP contribution is -2.13. The lowest BCUT2D eigenvalue weighted by atomic mass is 10.1. The SMILES string of the molecule is Cc1nn(C(C)c2cc(F)ccc2F)c(N)c1[N+](=O)[O-]. The van der Waals surface area contributed by atoms with Crippen molar-refractivity contribution in [3.05, 3.63) is 51.2 Å². The number of benzene rings is 1. The third-order valence-corrected chi connectivity index (χ3v) is 3.05. The highest BCUT2D eigenvalue weighted by molar-refractivity contribution is 5.56. The molecule has 2 N–H and O–H groups in total. The maximum atomic E-state index is 13.7. The van der Waals surface area contributed by atoms with Crippen LogP contribution >= 0.6 is 0 Å². The number of aryl methyl sites for hydroxylation is 1. The monoisotopic (exact) mass is 282 g/mol. The zero-order valence-electron chi connectivity index (χ0n) is 10.8. The molecule has 0 amide bonds. The lowest BCUT2D eigenvalue weighted by Gasteiger charge is -2.14. The van der Waals surface area contributed by atoms with Crippen molar-refractivity contribution in [2.24, 2.45) is 0 Å². The van der Waals surface area contributed by atoms with Crippen LogP contribution in [-0.2, 0) is 0 Å². The van der Waals surface area contributed by atoms with Gasteiger partial charge in [-0.2, -0.15) is 5.10 Å². The summed E-state index contributed by atoms with van der Waals surface area (Å²) in [6, 6.07) is 2.23. The van der Waals surface area contributed by atoms with E-state index in [0.717, 1.165) is 22.9 Å². The Kier molecular flexibility index (Phi) is 3.39. The second-order valence-electron chi connectivity index (χ2n) is 4.36. The fourth-order valence-corrected chi connectivity index (χ4v) is 2.04. The first-order valence-corrected chi connectivity index (χ1v) is 5.76. The molecule has 0 bridgehead atoms. The normalized spacial score (nSPS) is 12.4. The number of nitro groups is 1. The van der Waals surface area contributed by atoms with Crippen molar-refractivity contribution >= 4 is 11.5 Å². The van der Waals surface area contributed by atoms with Crippen molar-refractivity contribution < 1.29 is 13.7 Å². The molecule has 0 aliphatic rings. The van der Waals surface area contributed by atoms with Gasteiger partial charge in [-0.05, 0) is 32.0 Å². The van der Waals surface area contributed by atoms with Crippen LogP contribution in [0.25, 0.3) is 0 Å². The van der Waals surface area contributed by atoms with Crippen LogP contribution in [0.2, 0.25) is 0 Å². The molecule has 0 saturated carbocycles. The summed E-state index contributed by atoms with van der Waals surface area (Å²) in [6.45, 7) is 2.96. The Bertz CT molecular complexity index is 684. The first-order chi connectivity index (χ1) is 9.32. The van der Waals surface area contributed by atoms with E-state index in [9.17, 15) is 18.9 Å². The molecule has 106 valence electrons. The third-order valence-electron chi connectivity index (χ3n) is 3.05. The van der Waals surface area contributed by atoms with Gasteiger partial charge in [0, 0.05) is 5.56 Å². The first kappa shape index (κ1) is 13.9. The number of anilines is 1. The fourth-order valence-electron chi connectivity index (χ4n) is 2.04. The van der Waals surface area contributed by atoms with Crippen LogP contribution < -0.4 is 5.73 Å². The number of nitrogen functional groups attached to an aromatic ring is 1. The largest absolute Gasteiger partial charge is 0.378 e. The maximum Gasteiger partial charge on any atom is 0.333 e. The van der Waals surface area contributed by atoms with Crippen molar-refractivity contribution in [2.75, 3.05) is 5.73 Å². The number of aromatic nitrogens is 2. The van der Waals surface area contributed by atoms with E-state index in [1.54, 1.807) is 0 Å². The molecule has 6 nitrogen and oxygen atoms in total. The van der Waals surface area contributed by atoms with E-state index in [1.165, 1.54) is 13.8 Å². The predicted molar refractivity (Wildman–Crippen MR) is 68.2 cm³/mol. The van der Waals surface area contributed by atoms with Crippen molar-refractivity contribution in [3.63, 3.8) is 0 Å². The van der Waals surface area contributed by atoms with Gasteiger partial charge >= 0.3 is 5.69 Å². The Labute approximate surface area is 113 Å². The number of rotatable bonds is 3. The number of hydrogen-bond donors (Lipinski definition) is 1. The van der Waals surface area contributed by atoms with E-state index in [0.29, 0.717) is 0 Å². The zero-order valence-corrected chi connectivity index (χ0v) is 10.8. The molecule has 0 aliphatic heterocycles. The van der Waals surface area contributed by atoms with Gasteiger partial charge in [0.15, 0.2) is 0 Å². The van der Waals surface area contributed by atoms with E-state index >= 15 is 0 Å². The van der Waals surface area contributed by atoms with Crippen LogP contribution in [0.15, 0.2) is 18.2 Å². The second kappa shape index (κ2) is 4.87. The van der Waals surface area contributed by atoms with Gasteiger partial charge in [0.2, 0.25) is 5.82 Å². The highest BCUT2D eigenvalue weighted by atomic mass is 19.1. The topological polar surface area (TPSA) is 87.0 Å². The molecule has 8 heteroatoms. The van der Waals surface area contributed by atoms with Gasteiger partial charge in [-0.25, -0.2) is 13.5 Å². The lowest BCUT2D eigenvalue weighted by molar-refractivity contribution is -0.384. The van der Waals surface area contributed by atoms with E-state index in [4.69, 9.17) is 5.73 Å². The number of nitrogens with two attached hydrogens (primary N) is 1. The molecule has 1 atom stereocenters. The molecule has 2 aromatic rings. The molecule has 1 aromatic heterocycles. The van der Waals surface area contributed by atoms with Crippen molar-refractivity contribution in [2.45, 2.75) is 19.9 Å². The Balaban J connectivity index is 2.54. The summed E-state index contributed by atoms with van der Waals surface area (Å²) in [4.78, 5) is 10.2. The smallest absolute Gasteiger partial charge is 0.333 e. The van der Waals surface area contributed by atoms with E-state index in [2.05, 4.69) is 5.10 Å². The second-order valence-corrected chi connectivity index (χ2v) is 4.36. The summed E-state index contributed by atoms with van der Waals surface area (Å²) in [5.41, 5.74) is 5.49. The molecule has 2 rings (SSSR count). The Morgan fingerprint density at radius 2 is 2.10 bits per heavy atom. The van der Waals surface area contributed by atoms with Crippen molar-refractivity contribution in [1.29, 1.82) is 0 Å². The average Bonchev–Trinajstić information content (AvgIpc) is 2.67. The molecule has 1 heterocycles. The van der Waals surface area contributed by atoms with Gasteiger partial charge in [0.05, 0.1) is 11.0 Å². The molecule has 1 unspecified atom stereocenters. The van der Waals surface area contributed by atoms with Gasteiger partial charge < -0.3 is 5.73 Å². The molecule has 20 heavy (non-hydrogen) atoms. The number of halogens is 2. The van der Waals surface area contributed by atoms with Gasteiger partial charge in [-0.15, -0.1) is 0 Å². The molecule has 0 saturated heterocycles. The van der Waals surface area contributed by atoms with Gasteiger partial charge in [-0.3, -0.25) is 10.1 Å². The molecule has 0 aliphatic carbocycles. The van der Waals surface area contributed by atoms with E-state index < -0.39 is 22.6 Å². The summed E-state index contributed by atoms with van der Waals surface area (Å²) in [7, 11) is 0. The predicted octanol–water partition coefficient (Wildman–Crippen LogP) is 2.57. The van der Waals surface area contributed by atoms with E-state index in [1.807, 2.05) is 0 Å². The summed E-state index contributed by atoms with van der Waals surface area (Å²) in [5.74, 6) is -1.43. The fraction of sp³-hybridized carbons (Fsp3) is 0.250. The molecular weight excluding hydrogens is 270 g/mol. The highest BCUT2D eigenvalue weighted by Crippen LogP contribution is 2.31. The van der Waals surface area contributed by atoms with Gasteiger partial charge in [0.25, 0.3) is 0 Å². The molecule has 0 radical (unpaired) electrons. The maximum absolute atomic E-state index is 13.7.